The van der Waals surface area contributed by atoms with E-state index < -0.39 is 11.9 Å². The quantitative estimate of drug-likeness (QED) is 0.801. The van der Waals surface area contributed by atoms with E-state index in [0.29, 0.717) is 11.3 Å². The van der Waals surface area contributed by atoms with Crippen LogP contribution in [0.2, 0.25) is 0 Å². The number of nitrogens with zero attached hydrogens (tertiary/aromatic N) is 2. The van der Waals surface area contributed by atoms with Gasteiger partial charge >= 0.3 is 5.97 Å². The predicted molar refractivity (Wildman–Crippen MR) is 107 cm³/mol. The van der Waals surface area contributed by atoms with E-state index >= 15 is 0 Å². The number of benzene rings is 1. The summed E-state index contributed by atoms with van der Waals surface area (Å²) < 4.78 is 10.7. The molecule has 1 aromatic rings. The van der Waals surface area contributed by atoms with E-state index in [0.717, 1.165) is 24.2 Å². The number of rotatable bonds is 4. The maximum absolute atomic E-state index is 12.6. The number of piperidine rings is 1. The zero-order chi connectivity index (χ0) is 20.3. The number of anilines is 1. The van der Waals surface area contributed by atoms with Gasteiger partial charge in [-0.3, -0.25) is 0 Å². The van der Waals surface area contributed by atoms with E-state index in [1.165, 1.54) is 24.9 Å². The molecule has 0 aliphatic carbocycles. The Hall–Kier alpha value is -2.94. The Kier molecular flexibility index (Phi) is 5.93. The van der Waals surface area contributed by atoms with Crippen LogP contribution in [-0.2, 0) is 14.3 Å². The van der Waals surface area contributed by atoms with Crippen LogP contribution < -0.4 is 10.6 Å². The number of hydrogen-bond acceptors (Lipinski definition) is 6. The number of allylic oxidation sites excluding steroid dienone is 2. The minimum absolute atomic E-state index is 0.0394. The van der Waals surface area contributed by atoms with Gasteiger partial charge in [-0.15, -0.1) is 0 Å². The van der Waals surface area contributed by atoms with Gasteiger partial charge in [0, 0.05) is 18.8 Å². The molecule has 148 valence electrons. The lowest BCUT2D eigenvalue weighted by Gasteiger charge is -2.31. The van der Waals surface area contributed by atoms with Crippen molar-refractivity contribution in [3.63, 3.8) is 0 Å². The van der Waals surface area contributed by atoms with Crippen molar-refractivity contribution >= 4 is 11.7 Å². The first-order chi connectivity index (χ1) is 13.5. The summed E-state index contributed by atoms with van der Waals surface area (Å²) in [6.45, 7) is 7.79. The smallest absolute Gasteiger partial charge is 0.338 e. The second-order valence-electron chi connectivity index (χ2n) is 7.20. The van der Waals surface area contributed by atoms with E-state index in [-0.39, 0.29) is 18.1 Å². The summed E-state index contributed by atoms with van der Waals surface area (Å²) in [4.78, 5) is 15.0. The molecule has 1 aromatic carbocycles. The summed E-state index contributed by atoms with van der Waals surface area (Å²) >= 11 is 0. The fourth-order valence-electron chi connectivity index (χ4n) is 4.00. The minimum atomic E-state index is -0.590. The number of nitriles is 1. The van der Waals surface area contributed by atoms with Crippen LogP contribution in [0.5, 0.6) is 0 Å². The van der Waals surface area contributed by atoms with Crippen molar-refractivity contribution in [2.75, 3.05) is 24.6 Å². The third-order valence-electron chi connectivity index (χ3n) is 5.39. The van der Waals surface area contributed by atoms with Gasteiger partial charge in [0.25, 0.3) is 0 Å². The van der Waals surface area contributed by atoms with E-state index in [9.17, 15) is 10.1 Å². The van der Waals surface area contributed by atoms with Gasteiger partial charge in [-0.05, 0) is 63.3 Å². The Morgan fingerprint density at radius 1 is 1.32 bits per heavy atom. The largest absolute Gasteiger partial charge is 0.463 e. The number of nitrogens with two attached hydrogens (primary N) is 1. The minimum Gasteiger partial charge on any atom is -0.463 e. The van der Waals surface area contributed by atoms with Gasteiger partial charge in [0.05, 0.1) is 18.1 Å². The van der Waals surface area contributed by atoms with Crippen LogP contribution in [0.1, 0.15) is 50.2 Å². The van der Waals surface area contributed by atoms with Crippen LogP contribution in [0.3, 0.4) is 0 Å². The highest BCUT2D eigenvalue weighted by Gasteiger charge is 2.37. The SMILES string of the molecule is CCOC(=O)C1=C(C)OC(N)=C(C#N)C1c1ccc(N2CCCCC2)cc1C. The third kappa shape index (κ3) is 3.70. The van der Waals surface area contributed by atoms with Gasteiger partial charge in [0.1, 0.15) is 17.4 Å². The van der Waals surface area contributed by atoms with Gasteiger partial charge in [-0.2, -0.15) is 5.26 Å². The normalized spacial score (nSPS) is 19.9. The molecule has 2 heterocycles. The van der Waals surface area contributed by atoms with Crippen molar-refractivity contribution in [3.8, 4) is 6.07 Å². The van der Waals surface area contributed by atoms with Crippen molar-refractivity contribution < 1.29 is 14.3 Å². The summed E-state index contributed by atoms with van der Waals surface area (Å²) in [6.07, 6.45) is 3.68. The van der Waals surface area contributed by atoms with E-state index in [2.05, 4.69) is 23.1 Å². The number of aryl methyl sites for hydroxylation is 1. The van der Waals surface area contributed by atoms with Crippen molar-refractivity contribution in [2.24, 2.45) is 5.73 Å². The lowest BCUT2D eigenvalue weighted by molar-refractivity contribution is -0.139. The molecule has 0 aromatic heterocycles. The standard InChI is InChI=1S/C22H27N3O3/c1-4-27-22(26)19-15(3)28-21(24)18(13-23)20(19)17-9-8-16(12-14(17)2)25-10-6-5-7-11-25/h8-9,12,20H,4-7,10-11,24H2,1-3H3. The second kappa shape index (κ2) is 8.39. The second-order valence-corrected chi connectivity index (χ2v) is 7.20. The van der Waals surface area contributed by atoms with Crippen LogP contribution in [0.25, 0.3) is 0 Å². The van der Waals surface area contributed by atoms with Crippen LogP contribution >= 0.6 is 0 Å². The summed E-state index contributed by atoms with van der Waals surface area (Å²) in [5.41, 5.74) is 9.59. The van der Waals surface area contributed by atoms with E-state index in [1.807, 2.05) is 13.0 Å². The predicted octanol–water partition coefficient (Wildman–Crippen LogP) is 3.63. The first-order valence-electron chi connectivity index (χ1n) is 9.78. The first-order valence-corrected chi connectivity index (χ1v) is 9.78. The molecule has 3 rings (SSSR count). The molecule has 2 aliphatic rings. The Balaban J connectivity index is 2.05. The first kappa shape index (κ1) is 19.8. The molecule has 0 radical (unpaired) electrons. The summed E-state index contributed by atoms with van der Waals surface area (Å²) in [5, 5.41) is 9.71. The molecule has 0 spiro atoms. The Bertz CT molecular complexity index is 874. The molecule has 2 N–H and O–H groups in total. The van der Waals surface area contributed by atoms with Gasteiger partial charge < -0.3 is 20.1 Å². The molecule has 2 aliphatic heterocycles. The molecule has 0 saturated carbocycles. The highest BCUT2D eigenvalue weighted by molar-refractivity contribution is 5.92. The Morgan fingerprint density at radius 3 is 2.64 bits per heavy atom. The molecule has 1 unspecified atom stereocenters. The lowest BCUT2D eigenvalue weighted by atomic mass is 9.81. The van der Waals surface area contributed by atoms with E-state index in [1.54, 1.807) is 13.8 Å². The molecule has 0 bridgehead atoms. The van der Waals surface area contributed by atoms with Crippen molar-refractivity contribution in [1.29, 1.82) is 5.26 Å². The molecule has 1 atom stereocenters. The number of ether oxygens (including phenoxy) is 2. The van der Waals surface area contributed by atoms with E-state index in [4.69, 9.17) is 15.2 Å². The molecule has 6 nitrogen and oxygen atoms in total. The highest BCUT2D eigenvalue weighted by Crippen LogP contribution is 2.41. The summed E-state index contributed by atoms with van der Waals surface area (Å²) in [5.74, 6) is -0.657. The third-order valence-corrected chi connectivity index (χ3v) is 5.39. The fourth-order valence-corrected chi connectivity index (χ4v) is 4.00. The molecule has 28 heavy (non-hydrogen) atoms. The summed E-state index contributed by atoms with van der Waals surface area (Å²) in [6, 6.07) is 8.31. The zero-order valence-electron chi connectivity index (χ0n) is 16.7. The Morgan fingerprint density at radius 2 is 2.04 bits per heavy atom. The van der Waals surface area contributed by atoms with Crippen molar-refractivity contribution in [1.82, 2.24) is 0 Å². The van der Waals surface area contributed by atoms with Gasteiger partial charge in [0.15, 0.2) is 0 Å². The Labute approximate surface area is 166 Å². The maximum Gasteiger partial charge on any atom is 0.338 e. The van der Waals surface area contributed by atoms with Crippen molar-refractivity contribution in [2.45, 2.75) is 46.0 Å². The van der Waals surface area contributed by atoms with Crippen LogP contribution in [0.15, 0.2) is 41.0 Å². The number of carbonyl (C=O) groups excluding carboxylic acids is 1. The molecular weight excluding hydrogens is 354 g/mol. The number of carbonyl (C=O) groups is 1. The molecule has 0 amide bonds. The summed E-state index contributed by atoms with van der Waals surface area (Å²) in [7, 11) is 0. The number of esters is 1. The molecule has 1 fully saturated rings. The monoisotopic (exact) mass is 381 g/mol. The van der Waals surface area contributed by atoms with Crippen molar-refractivity contribution in [3.05, 3.63) is 52.1 Å². The van der Waals surface area contributed by atoms with Gasteiger partial charge in [-0.1, -0.05) is 6.07 Å². The van der Waals surface area contributed by atoms with Gasteiger partial charge in [0.2, 0.25) is 5.88 Å². The van der Waals surface area contributed by atoms with Crippen LogP contribution in [-0.4, -0.2) is 25.7 Å². The maximum atomic E-state index is 12.6. The average molecular weight is 381 g/mol. The number of hydrogen-bond donors (Lipinski definition) is 1. The topological polar surface area (TPSA) is 88.6 Å². The van der Waals surface area contributed by atoms with Crippen LogP contribution in [0.4, 0.5) is 5.69 Å². The average Bonchev–Trinajstić information content (AvgIpc) is 2.68. The molecule has 1 saturated heterocycles. The molecular formula is C22H27N3O3. The highest BCUT2D eigenvalue weighted by atomic mass is 16.5. The van der Waals surface area contributed by atoms with Crippen LogP contribution in [0, 0.1) is 18.3 Å². The zero-order valence-corrected chi connectivity index (χ0v) is 16.7. The van der Waals surface area contributed by atoms with Gasteiger partial charge in [-0.25, -0.2) is 4.79 Å². The lowest BCUT2D eigenvalue weighted by Crippen LogP contribution is -2.29. The fraction of sp³-hybridized carbons (Fsp3) is 0.455. The molecule has 6 heteroatoms.